The fourth-order valence-electron chi connectivity index (χ4n) is 1.57. The summed E-state index contributed by atoms with van der Waals surface area (Å²) < 4.78 is 17.9. The first-order valence-corrected chi connectivity index (χ1v) is 5.27. The van der Waals surface area contributed by atoms with Crippen LogP contribution >= 0.6 is 0 Å². The molecule has 0 aromatic heterocycles. The van der Waals surface area contributed by atoms with Crippen molar-refractivity contribution in [2.45, 2.75) is 38.9 Å². The highest BCUT2D eigenvalue weighted by Crippen LogP contribution is 2.18. The first kappa shape index (κ1) is 11.4. The van der Waals surface area contributed by atoms with Gasteiger partial charge in [0, 0.05) is 0 Å². The lowest BCUT2D eigenvalue weighted by Crippen LogP contribution is -2.41. The molecule has 5 heteroatoms. The van der Waals surface area contributed by atoms with Gasteiger partial charge >= 0.3 is 0 Å². The van der Waals surface area contributed by atoms with Crippen molar-refractivity contribution in [1.29, 1.82) is 0 Å². The maximum atomic E-state index is 9.73. The van der Waals surface area contributed by atoms with Crippen LogP contribution in [0.1, 0.15) is 22.1 Å². The van der Waals surface area contributed by atoms with Gasteiger partial charge in [0.15, 0.2) is 6.04 Å². The molecule has 1 aliphatic rings. The fourth-order valence-corrected chi connectivity index (χ4v) is 1.57. The van der Waals surface area contributed by atoms with E-state index in [0.717, 1.165) is 0 Å². The molecule has 0 spiro atoms. The summed E-state index contributed by atoms with van der Waals surface area (Å²) in [5.74, 6) is 0.901. The molecule has 0 aromatic rings. The van der Waals surface area contributed by atoms with Gasteiger partial charge in [-0.15, -0.1) is 0 Å². The van der Waals surface area contributed by atoms with Crippen molar-refractivity contribution < 1.29 is 16.0 Å². The second kappa shape index (κ2) is 5.30. The molecule has 0 radical (unpaired) electrons. The van der Waals surface area contributed by atoms with Gasteiger partial charge < -0.3 is 14.6 Å². The van der Waals surface area contributed by atoms with Gasteiger partial charge in [-0.25, -0.2) is 9.98 Å². The molecule has 0 saturated heterocycles. The molecule has 1 rings (SSSR count). The summed E-state index contributed by atoms with van der Waals surface area (Å²) in [5, 5.41) is 9.73. The number of methoxy groups -OCH3 is 2. The van der Waals surface area contributed by atoms with E-state index in [1.165, 1.54) is 21.1 Å². The second-order valence-electron chi connectivity index (χ2n) is 4.08. The molecule has 0 saturated carbocycles. The van der Waals surface area contributed by atoms with E-state index in [4.69, 9.17) is 10.8 Å². The van der Waals surface area contributed by atoms with Crippen molar-refractivity contribution in [3.8, 4) is 0 Å². The van der Waals surface area contributed by atoms with Crippen LogP contribution in [0.5, 0.6) is 0 Å². The topological polar surface area (TPSA) is 63.4 Å². The summed E-state index contributed by atoms with van der Waals surface area (Å²) in [6.45, 7) is 5.34. The van der Waals surface area contributed by atoms with Crippen molar-refractivity contribution in [1.82, 2.24) is 0 Å². The van der Waals surface area contributed by atoms with Gasteiger partial charge in [0.25, 0.3) is 0 Å². The Kier molecular flexibility index (Phi) is 3.77. The summed E-state index contributed by atoms with van der Waals surface area (Å²) in [5.41, 5.74) is 0. The van der Waals surface area contributed by atoms with Crippen LogP contribution in [0.4, 0.5) is 0 Å². The Balaban J connectivity index is 3.11. The Morgan fingerprint density at radius 2 is 1.56 bits per heavy atom. The first-order valence-electron chi connectivity index (χ1n) is 5.77. The maximum Gasteiger partial charge on any atom is 0.212 e. The third-order valence-corrected chi connectivity index (χ3v) is 2.46. The van der Waals surface area contributed by atoms with E-state index in [1.54, 1.807) is 0 Å². The molecule has 92 valence electrons. The van der Waals surface area contributed by atoms with Crippen LogP contribution in [0.25, 0.3) is 0 Å². The highest BCUT2D eigenvalue weighted by molar-refractivity contribution is 5.94. The summed E-state index contributed by atoms with van der Waals surface area (Å²) in [4.78, 5) is 8.59. The molecular weight excluding hydrogens is 209 g/mol. The van der Waals surface area contributed by atoms with Crippen LogP contribution in [0.15, 0.2) is 9.98 Å². The molecule has 3 atom stereocenters. The normalized spacial score (nSPS) is 30.1. The molecule has 16 heavy (non-hydrogen) atoms. The van der Waals surface area contributed by atoms with Crippen molar-refractivity contribution in [3.63, 3.8) is 0 Å². The lowest BCUT2D eigenvalue weighted by Gasteiger charge is -2.28. The molecule has 1 N–H and O–H groups in total. The molecule has 1 aliphatic heterocycles. The van der Waals surface area contributed by atoms with E-state index < -0.39 is 12.1 Å². The number of aliphatic imine (C=N–C) groups is 2. The van der Waals surface area contributed by atoms with Crippen LogP contribution < -0.4 is 0 Å². The standard InChI is InChI=1S/C11H20N2O3/c1-6(2)8-10(15-4)13-9(7(3)14)11(12-8)16-5/h6-9,14H,1-5H3/t7?,8-,9+/m1/s1/i7+1D. The van der Waals surface area contributed by atoms with E-state index in [-0.39, 0.29) is 17.9 Å². The predicted octanol–water partition coefficient (Wildman–Crippen LogP) is 0.864. The second-order valence-corrected chi connectivity index (χ2v) is 4.08. The molecule has 0 amide bonds. The zero-order valence-electron chi connectivity index (χ0n) is 11.4. The molecular formula is C11H20N2O3. The van der Waals surface area contributed by atoms with Gasteiger partial charge in [0.1, 0.15) is 6.04 Å². The summed E-state index contributed by atoms with van der Waals surface area (Å²) >= 11 is 0. The average molecular weight is 230 g/mol. The lowest BCUT2D eigenvalue weighted by molar-refractivity contribution is 0.171. The minimum Gasteiger partial charge on any atom is -0.483 e. The Morgan fingerprint density at radius 3 is 1.94 bits per heavy atom. The van der Waals surface area contributed by atoms with E-state index in [0.29, 0.717) is 5.90 Å². The molecule has 0 aromatic carbocycles. The summed E-state index contributed by atoms with van der Waals surface area (Å²) in [6, 6.07) is -1.08. The van der Waals surface area contributed by atoms with E-state index in [1.807, 2.05) is 13.8 Å². The number of hydrogen-bond donors (Lipinski definition) is 1. The smallest absolute Gasteiger partial charge is 0.212 e. The number of nitrogens with zero attached hydrogens (tertiary/aromatic N) is 2. The quantitative estimate of drug-likeness (QED) is 0.716. The van der Waals surface area contributed by atoms with E-state index in [9.17, 15) is 5.11 Å². The van der Waals surface area contributed by atoms with Crippen LogP contribution in [0.2, 0.25) is 0 Å². The van der Waals surface area contributed by atoms with Gasteiger partial charge in [0.05, 0.1) is 21.7 Å². The molecule has 1 unspecified atom stereocenters. The van der Waals surface area contributed by atoms with Gasteiger partial charge in [0.2, 0.25) is 11.8 Å². The number of ether oxygens (including phenoxy) is 2. The third-order valence-electron chi connectivity index (χ3n) is 2.46. The molecule has 0 fully saturated rings. The molecule has 0 aliphatic carbocycles. The van der Waals surface area contributed by atoms with Gasteiger partial charge in [-0.05, 0) is 12.8 Å². The maximum absolute atomic E-state index is 9.73. The minimum atomic E-state index is -1.78. The predicted molar refractivity (Wildman–Crippen MR) is 63.0 cm³/mol. The van der Waals surface area contributed by atoms with Gasteiger partial charge in [-0.2, -0.15) is 0 Å². The Bertz CT molecular complexity index is 334. The largest absolute Gasteiger partial charge is 0.483 e. The zero-order valence-corrected chi connectivity index (χ0v) is 10.4. The van der Waals surface area contributed by atoms with Crippen LogP contribution in [-0.4, -0.2) is 49.3 Å². The minimum absolute atomic E-state index is 0.204. The monoisotopic (exact) mass is 230 g/mol. The Hall–Kier alpha value is -1.10. The van der Waals surface area contributed by atoms with Crippen LogP contribution in [-0.2, 0) is 9.47 Å². The third kappa shape index (κ3) is 2.52. The van der Waals surface area contributed by atoms with Crippen molar-refractivity contribution in [2.24, 2.45) is 15.9 Å². The fraction of sp³-hybridized carbons (Fsp3) is 0.818. The summed E-state index contributed by atoms with van der Waals surface area (Å²) in [6.07, 6.45) is -1.78. The molecule has 5 nitrogen and oxygen atoms in total. The first-order chi connectivity index (χ1) is 7.81. The molecule has 0 bridgehead atoms. The van der Waals surface area contributed by atoms with Gasteiger partial charge in [-0.1, -0.05) is 13.8 Å². The lowest BCUT2D eigenvalue weighted by atomic mass is 10.0. The highest BCUT2D eigenvalue weighted by atomic mass is 16.5. The number of rotatable bonds is 2. The van der Waals surface area contributed by atoms with Gasteiger partial charge in [-0.3, -0.25) is 0 Å². The number of aliphatic hydroxyl groups is 1. The van der Waals surface area contributed by atoms with Crippen molar-refractivity contribution >= 4 is 11.8 Å². The highest BCUT2D eigenvalue weighted by Gasteiger charge is 2.33. The van der Waals surface area contributed by atoms with E-state index in [2.05, 4.69) is 9.98 Å². The van der Waals surface area contributed by atoms with E-state index >= 15 is 0 Å². The van der Waals surface area contributed by atoms with Crippen molar-refractivity contribution in [2.75, 3.05) is 14.2 Å². The SMILES string of the molecule is [2H][13C](C)(O)[C@@H]1N=C(OC)[C@@H](C(C)C)N=C1OC. The summed E-state index contributed by atoms with van der Waals surface area (Å²) in [7, 11) is 2.97. The van der Waals surface area contributed by atoms with Crippen LogP contribution in [0, 0.1) is 5.92 Å². The molecule has 1 heterocycles. The van der Waals surface area contributed by atoms with Crippen LogP contribution in [0.3, 0.4) is 0 Å². The average Bonchev–Trinajstić information content (AvgIpc) is 2.25. The Morgan fingerprint density at radius 1 is 1.12 bits per heavy atom. The van der Waals surface area contributed by atoms with Crippen molar-refractivity contribution in [3.05, 3.63) is 0 Å². The Labute approximate surface area is 97.6 Å². The zero-order chi connectivity index (χ0) is 13.2. The number of hydrogen-bond acceptors (Lipinski definition) is 5.